The van der Waals surface area contributed by atoms with Crippen LogP contribution in [0.4, 0.5) is 0 Å². The molecule has 4 nitrogen and oxygen atoms in total. The zero-order chi connectivity index (χ0) is 60.4. The van der Waals surface area contributed by atoms with E-state index in [0.29, 0.717) is 22.3 Å². The lowest BCUT2D eigenvalue weighted by Crippen LogP contribution is -1.99. The summed E-state index contributed by atoms with van der Waals surface area (Å²) in [7, 11) is 0. The number of carbonyl (C=O) groups excluding carboxylic acids is 4. The van der Waals surface area contributed by atoms with Gasteiger partial charge in [-0.05, 0) is 164 Å². The Hall–Kier alpha value is -12.0. The van der Waals surface area contributed by atoms with E-state index in [-0.39, 0.29) is 0 Å². The molecular weight excluding hydrogens is 1100 g/mol. The molecule has 4 heteroatoms. The van der Waals surface area contributed by atoms with Crippen molar-refractivity contribution < 1.29 is 19.2 Å². The third-order valence-electron chi connectivity index (χ3n) is 18.5. The summed E-state index contributed by atoms with van der Waals surface area (Å²) >= 11 is 0. The summed E-state index contributed by atoms with van der Waals surface area (Å²) in [6, 6.07) is 101. The standard InChI is InChI=1S/C86H52O4/c87-49-77-61-17-1-9-25-69(61)83(70-26-10-2-18-62(70)77)57-41-33-53(34-42-57)81(54-35-43-58(44-36-54)84-71-27-11-3-19-63(71)78(50-88)64-20-4-12-28-72(64)84)82(55-37-45-59(46-38-55)85-73-29-13-5-21-65(73)79(51-89)66-22-6-14-30-74(66)85)56-39-47-60(48-40-56)86-75-31-15-7-23-67(75)80(52-90)68-24-8-16-32-76(68)86/h1-52H. The molecule has 0 amide bonds. The fourth-order valence-corrected chi connectivity index (χ4v) is 14.5. The molecule has 16 rings (SSSR count). The summed E-state index contributed by atoms with van der Waals surface area (Å²) in [6.07, 6.45) is 3.92. The fraction of sp³-hybridized carbons (Fsp3) is 0. The first-order chi connectivity index (χ1) is 44.5. The second-order valence-electron chi connectivity index (χ2n) is 23.1. The van der Waals surface area contributed by atoms with Crippen molar-refractivity contribution in [1.29, 1.82) is 0 Å². The topological polar surface area (TPSA) is 68.3 Å². The Bertz CT molecular complexity index is 4760. The van der Waals surface area contributed by atoms with Crippen molar-refractivity contribution in [2.45, 2.75) is 0 Å². The Labute approximate surface area is 518 Å². The Morgan fingerprint density at radius 2 is 0.300 bits per heavy atom. The van der Waals surface area contributed by atoms with Crippen molar-refractivity contribution in [3.05, 3.63) is 336 Å². The average molecular weight is 1150 g/mol. The number of aldehydes is 4. The van der Waals surface area contributed by atoms with Crippen LogP contribution in [-0.4, -0.2) is 25.1 Å². The fourth-order valence-electron chi connectivity index (χ4n) is 14.5. The van der Waals surface area contributed by atoms with Crippen molar-refractivity contribution in [3.63, 3.8) is 0 Å². The van der Waals surface area contributed by atoms with Gasteiger partial charge in [0.15, 0.2) is 25.1 Å². The predicted octanol–water partition coefficient (Wildman–Crippen LogP) is 21.8. The van der Waals surface area contributed by atoms with E-state index in [4.69, 9.17) is 0 Å². The second-order valence-corrected chi connectivity index (χ2v) is 23.1. The Balaban J connectivity index is 0.962. The highest BCUT2D eigenvalue weighted by Crippen LogP contribution is 2.47. The van der Waals surface area contributed by atoms with Gasteiger partial charge in [0, 0.05) is 22.3 Å². The van der Waals surface area contributed by atoms with Crippen molar-refractivity contribution >= 4 is 122 Å². The van der Waals surface area contributed by atoms with Crippen LogP contribution in [0.15, 0.2) is 291 Å². The molecular formula is C86H52O4. The minimum atomic E-state index is 0.677. The van der Waals surface area contributed by atoms with E-state index in [1.165, 1.54) is 0 Å². The maximum absolute atomic E-state index is 12.9. The molecule has 16 aromatic rings. The highest BCUT2D eigenvalue weighted by Gasteiger charge is 2.23. The molecule has 420 valence electrons. The molecule has 0 fully saturated rings. The number of benzene rings is 16. The number of rotatable bonds is 12. The summed E-state index contributed by atoms with van der Waals surface area (Å²) in [4.78, 5) is 51.5. The third kappa shape index (κ3) is 8.53. The van der Waals surface area contributed by atoms with Gasteiger partial charge in [0.25, 0.3) is 0 Å². The maximum Gasteiger partial charge on any atom is 0.151 e. The zero-order valence-electron chi connectivity index (χ0n) is 48.7. The van der Waals surface area contributed by atoms with Gasteiger partial charge in [-0.25, -0.2) is 0 Å². The van der Waals surface area contributed by atoms with Crippen LogP contribution in [0.25, 0.3) is 142 Å². The van der Waals surface area contributed by atoms with Crippen molar-refractivity contribution in [2.24, 2.45) is 0 Å². The maximum atomic E-state index is 12.9. The quantitative estimate of drug-likeness (QED) is 0.0694. The molecule has 0 saturated carbocycles. The first kappa shape index (κ1) is 53.5. The third-order valence-corrected chi connectivity index (χ3v) is 18.5. The molecule has 0 aliphatic rings. The van der Waals surface area contributed by atoms with Crippen LogP contribution in [0.1, 0.15) is 63.7 Å². The average Bonchev–Trinajstić information content (AvgIpc) is 0.868. The van der Waals surface area contributed by atoms with Crippen LogP contribution in [-0.2, 0) is 0 Å². The largest absolute Gasteiger partial charge is 0.298 e. The van der Waals surface area contributed by atoms with Crippen LogP contribution < -0.4 is 0 Å². The lowest BCUT2D eigenvalue weighted by Gasteiger charge is -2.21. The molecule has 0 N–H and O–H groups in total. The summed E-state index contributed by atoms with van der Waals surface area (Å²) in [5, 5.41) is 15.3. The van der Waals surface area contributed by atoms with Crippen LogP contribution in [0.3, 0.4) is 0 Å². The molecule has 90 heavy (non-hydrogen) atoms. The molecule has 16 aromatic carbocycles. The van der Waals surface area contributed by atoms with Gasteiger partial charge in [-0.15, -0.1) is 0 Å². The van der Waals surface area contributed by atoms with E-state index in [9.17, 15) is 19.2 Å². The van der Waals surface area contributed by atoms with Gasteiger partial charge in [0.05, 0.1) is 0 Å². The smallest absolute Gasteiger partial charge is 0.151 e. The predicted molar refractivity (Wildman–Crippen MR) is 374 cm³/mol. The molecule has 0 saturated heterocycles. The van der Waals surface area contributed by atoms with Crippen molar-refractivity contribution in [1.82, 2.24) is 0 Å². The molecule has 0 radical (unpaired) electrons. The number of carbonyl (C=O) groups is 4. The van der Waals surface area contributed by atoms with E-state index in [2.05, 4.69) is 146 Å². The second kappa shape index (κ2) is 22.1. The lowest BCUT2D eigenvalue weighted by molar-refractivity contribution is 0.111. The van der Waals surface area contributed by atoms with Crippen LogP contribution in [0.2, 0.25) is 0 Å². The van der Waals surface area contributed by atoms with Gasteiger partial charge in [-0.1, -0.05) is 291 Å². The molecule has 0 bridgehead atoms. The molecule has 0 atom stereocenters. The molecule has 0 aliphatic carbocycles. The molecule has 0 unspecified atom stereocenters. The highest BCUT2D eigenvalue weighted by molar-refractivity contribution is 6.25. The van der Waals surface area contributed by atoms with Gasteiger partial charge in [0.2, 0.25) is 0 Å². The van der Waals surface area contributed by atoms with E-state index < -0.39 is 0 Å². The Morgan fingerprint density at radius 1 is 0.167 bits per heavy atom. The van der Waals surface area contributed by atoms with Gasteiger partial charge >= 0.3 is 0 Å². The summed E-state index contributed by atoms with van der Waals surface area (Å²) in [5.74, 6) is 0. The van der Waals surface area contributed by atoms with E-state index in [1.807, 2.05) is 146 Å². The number of hydrogen-bond acceptors (Lipinski definition) is 4. The normalized spacial score (nSPS) is 11.5. The van der Waals surface area contributed by atoms with Crippen LogP contribution in [0, 0.1) is 0 Å². The first-order valence-electron chi connectivity index (χ1n) is 30.3. The van der Waals surface area contributed by atoms with Gasteiger partial charge in [-0.3, -0.25) is 19.2 Å². The Kier molecular flexibility index (Phi) is 13.1. The summed E-state index contributed by atoms with van der Waals surface area (Å²) in [5.41, 5.74) is 17.0. The zero-order valence-corrected chi connectivity index (χ0v) is 48.7. The van der Waals surface area contributed by atoms with Gasteiger partial charge in [-0.2, -0.15) is 0 Å². The summed E-state index contributed by atoms with van der Waals surface area (Å²) in [6.45, 7) is 0. The Morgan fingerprint density at radius 3 is 0.433 bits per heavy atom. The minimum absolute atomic E-state index is 0.677. The number of fused-ring (bicyclic) bond motifs is 8. The molecule has 0 spiro atoms. The van der Waals surface area contributed by atoms with Gasteiger partial charge in [0.1, 0.15) is 0 Å². The van der Waals surface area contributed by atoms with Crippen LogP contribution >= 0.6 is 0 Å². The van der Waals surface area contributed by atoms with Crippen molar-refractivity contribution in [3.8, 4) is 44.5 Å². The van der Waals surface area contributed by atoms with Gasteiger partial charge < -0.3 is 0 Å². The monoisotopic (exact) mass is 1150 g/mol. The minimum Gasteiger partial charge on any atom is -0.298 e. The lowest BCUT2D eigenvalue weighted by atomic mass is 9.82. The molecule has 0 aliphatic heterocycles. The first-order valence-corrected chi connectivity index (χ1v) is 30.3. The van der Waals surface area contributed by atoms with E-state index >= 15 is 0 Å². The molecule has 0 aromatic heterocycles. The van der Waals surface area contributed by atoms with E-state index in [1.54, 1.807) is 0 Å². The SMILES string of the molecule is O=Cc1c2ccccc2c(-c2ccc(C(=C(c3ccc(-c4c5ccccc5c(C=O)c5ccccc45)cc3)c3ccc(-c4c5ccccc5c(C=O)c5ccccc45)cc3)c3ccc(-c4c5ccccc5c(C=O)c5ccccc45)cc3)cc2)c2ccccc12. The summed E-state index contributed by atoms with van der Waals surface area (Å²) < 4.78 is 0. The highest BCUT2D eigenvalue weighted by atomic mass is 16.1. The van der Waals surface area contributed by atoms with Crippen molar-refractivity contribution in [2.75, 3.05) is 0 Å². The van der Waals surface area contributed by atoms with E-state index in [0.717, 1.165) is 189 Å². The molecule has 0 heterocycles. The van der Waals surface area contributed by atoms with Crippen LogP contribution in [0.5, 0.6) is 0 Å². The number of hydrogen-bond donors (Lipinski definition) is 0.